The summed E-state index contributed by atoms with van der Waals surface area (Å²) in [7, 11) is 0. The molecule has 0 bridgehead atoms. The summed E-state index contributed by atoms with van der Waals surface area (Å²) in [4.78, 5) is 82.8. The molecule has 1 unspecified atom stereocenters. The number of ketones is 3. The lowest BCUT2D eigenvalue weighted by Crippen LogP contribution is -2.67. The molecule has 286 valence electrons. The Kier molecular flexibility index (Phi) is 10.6. The van der Waals surface area contributed by atoms with Crippen LogP contribution in [0.25, 0.3) is 0 Å². The summed E-state index contributed by atoms with van der Waals surface area (Å²) >= 11 is 0. The number of Topliss-reactive ketones (excluding diaryl/α,β-unsaturated/α-hetero) is 3. The van der Waals surface area contributed by atoms with Crippen LogP contribution >= 0.6 is 0 Å². The molecule has 5 N–H and O–H groups in total. The van der Waals surface area contributed by atoms with Gasteiger partial charge in [-0.25, -0.2) is 0 Å². The lowest BCUT2D eigenvalue weighted by molar-refractivity contribution is -0.147. The van der Waals surface area contributed by atoms with Gasteiger partial charge in [-0.3, -0.25) is 28.8 Å². The van der Waals surface area contributed by atoms with Gasteiger partial charge in [0.05, 0.1) is 19.3 Å². The zero-order chi connectivity index (χ0) is 37.9. The van der Waals surface area contributed by atoms with Crippen LogP contribution in [0.1, 0.15) is 126 Å². The van der Waals surface area contributed by atoms with Gasteiger partial charge >= 0.3 is 0 Å². The van der Waals surface area contributed by atoms with E-state index in [2.05, 4.69) is 19.2 Å². The van der Waals surface area contributed by atoms with Crippen LogP contribution < -0.4 is 16.8 Å². The summed E-state index contributed by atoms with van der Waals surface area (Å²) in [5.41, 5.74) is 9.46. The Morgan fingerprint density at radius 3 is 1.94 bits per heavy atom. The second kappa shape index (κ2) is 13.6. The van der Waals surface area contributed by atoms with Crippen LogP contribution in [0.5, 0.6) is 0 Å². The first-order valence-electron chi connectivity index (χ1n) is 19.3. The van der Waals surface area contributed by atoms with Crippen LogP contribution in [-0.4, -0.2) is 77.9 Å². The first-order chi connectivity index (χ1) is 23.5. The number of fused-ring (bicyclic) bond motifs is 1. The van der Waals surface area contributed by atoms with Crippen molar-refractivity contribution in [3.8, 4) is 0 Å². The van der Waals surface area contributed by atoms with Crippen LogP contribution in [0.3, 0.4) is 0 Å². The first kappa shape index (κ1) is 39.5. The number of nitrogens with one attached hydrogen (secondary N) is 1. The van der Waals surface area contributed by atoms with Crippen molar-refractivity contribution in [2.45, 2.75) is 138 Å². The summed E-state index contributed by atoms with van der Waals surface area (Å²) in [6.07, 6.45) is 7.36. The van der Waals surface area contributed by atoms with E-state index >= 15 is 0 Å². The molecule has 0 aromatic heterocycles. The number of amides is 3. The summed E-state index contributed by atoms with van der Waals surface area (Å²) < 4.78 is 5.14. The highest BCUT2D eigenvalue weighted by molar-refractivity contribution is 6.36. The summed E-state index contributed by atoms with van der Waals surface area (Å²) in [6, 6.07) is -0.724. The van der Waals surface area contributed by atoms with Gasteiger partial charge in [0.15, 0.2) is 5.78 Å². The third kappa shape index (κ3) is 7.07. The molecule has 3 aliphatic carbocycles. The maximum absolute atomic E-state index is 14.9. The van der Waals surface area contributed by atoms with E-state index in [1.54, 1.807) is 4.90 Å². The summed E-state index contributed by atoms with van der Waals surface area (Å²) in [5, 5.41) is 2.94. The van der Waals surface area contributed by atoms with Crippen LogP contribution in [0.15, 0.2) is 0 Å². The lowest BCUT2D eigenvalue weighted by Gasteiger charge is -2.38. The maximum Gasteiger partial charge on any atom is 0.285 e. The number of likely N-dealkylation sites (tertiary alicyclic amines) is 1. The second-order valence-corrected chi connectivity index (χ2v) is 19.7. The number of carbonyl (C=O) groups excluding carboxylic acids is 6. The van der Waals surface area contributed by atoms with Gasteiger partial charge in [0, 0.05) is 49.6 Å². The van der Waals surface area contributed by atoms with Gasteiger partial charge in [0.1, 0.15) is 11.3 Å². The number of nitrogens with two attached hydrogens (primary N) is 2. The molecule has 11 nitrogen and oxygen atoms in total. The van der Waals surface area contributed by atoms with Crippen molar-refractivity contribution in [1.82, 2.24) is 10.2 Å². The number of nitrogens with zero attached hydrogens (tertiary/aromatic N) is 1. The largest absolute Gasteiger partial charge is 0.376 e. The van der Waals surface area contributed by atoms with E-state index < -0.39 is 40.5 Å². The van der Waals surface area contributed by atoms with E-state index in [1.165, 1.54) is 0 Å². The quantitative estimate of drug-likeness (QED) is 0.212. The molecule has 5 rings (SSSR count). The SMILES string of the molecule is CC(C)(C)[C@@H](CNC(=O)C1(N)COC1)CC(=O)C[C@H](C(=O)N1C[C@]2(C[C@H]1C(=O)CC(CC1CCC1)C(=O)C(N)=O)C(C)(C)C21CCC1)C(C)(C)C. The Morgan fingerprint density at radius 2 is 1.51 bits per heavy atom. The molecule has 0 aromatic rings. The van der Waals surface area contributed by atoms with E-state index in [4.69, 9.17) is 16.2 Å². The highest BCUT2D eigenvalue weighted by atomic mass is 16.5. The molecule has 5 fully saturated rings. The Labute approximate surface area is 304 Å². The highest BCUT2D eigenvalue weighted by Crippen LogP contribution is 2.88. The van der Waals surface area contributed by atoms with Crippen molar-refractivity contribution in [2.24, 2.45) is 62.2 Å². The van der Waals surface area contributed by atoms with Crippen molar-refractivity contribution >= 4 is 35.1 Å². The van der Waals surface area contributed by atoms with Crippen LogP contribution in [0.4, 0.5) is 0 Å². The molecule has 2 heterocycles. The highest BCUT2D eigenvalue weighted by Gasteiger charge is 2.85. The van der Waals surface area contributed by atoms with Crippen molar-refractivity contribution in [1.29, 1.82) is 0 Å². The zero-order valence-corrected chi connectivity index (χ0v) is 32.5. The molecule has 2 saturated heterocycles. The summed E-state index contributed by atoms with van der Waals surface area (Å²) in [5.74, 6) is -3.82. The molecule has 2 spiro atoms. The Morgan fingerprint density at radius 1 is 0.882 bits per heavy atom. The van der Waals surface area contributed by atoms with E-state index in [0.29, 0.717) is 25.3 Å². The Bertz CT molecular complexity index is 1430. The Hall–Kier alpha value is -2.66. The van der Waals surface area contributed by atoms with Crippen molar-refractivity contribution in [3.05, 3.63) is 0 Å². The fraction of sp³-hybridized carbons (Fsp3) is 0.850. The van der Waals surface area contributed by atoms with Crippen molar-refractivity contribution < 1.29 is 33.5 Å². The molecular weight excluding hydrogens is 648 g/mol. The van der Waals surface area contributed by atoms with Crippen LogP contribution in [0, 0.1) is 50.7 Å². The van der Waals surface area contributed by atoms with Gasteiger partial charge in [-0.1, -0.05) is 81.1 Å². The molecule has 5 aliphatic rings. The van der Waals surface area contributed by atoms with Gasteiger partial charge in [-0.2, -0.15) is 0 Å². The maximum atomic E-state index is 14.9. The summed E-state index contributed by atoms with van der Waals surface area (Å²) in [6.45, 7) is 17.6. The topological polar surface area (TPSA) is 179 Å². The first-order valence-corrected chi connectivity index (χ1v) is 19.3. The normalized spacial score (nSPS) is 27.8. The minimum absolute atomic E-state index is 0.0148. The average Bonchev–Trinajstić information content (AvgIpc) is 3.19. The molecular formula is C40H64N4O7. The number of hydrogen-bond donors (Lipinski definition) is 3. The van der Waals surface area contributed by atoms with E-state index in [9.17, 15) is 28.8 Å². The van der Waals surface area contributed by atoms with Crippen molar-refractivity contribution in [2.75, 3.05) is 26.3 Å². The van der Waals surface area contributed by atoms with E-state index in [0.717, 1.165) is 38.5 Å². The van der Waals surface area contributed by atoms with Gasteiger partial charge in [0.2, 0.25) is 17.6 Å². The number of carbonyl (C=O) groups is 6. The van der Waals surface area contributed by atoms with Gasteiger partial charge < -0.3 is 26.4 Å². The standard InChI is InChI=1S/C40H64N4O7/c1-35(2,3)26(20-43-34(50)38(42)22-51-23-38)17-27(45)18-28(36(4,5)6)33(49)44-21-40(37(7,8)39(40)13-10-14-39)19-29(44)30(46)16-25(31(47)32(41)48)15-24-11-9-12-24/h24-26,28-29H,9-23,42H2,1-8H3,(H2,41,48)(H,43,50)/t25?,26-,28-,29+,40-/m1/s1. The number of ether oxygens (including phenoxy) is 1. The number of hydrogen-bond acceptors (Lipinski definition) is 8. The zero-order valence-electron chi connectivity index (χ0n) is 32.5. The second-order valence-electron chi connectivity index (χ2n) is 19.7. The fourth-order valence-corrected chi connectivity index (χ4v) is 10.2. The predicted octanol–water partition coefficient (Wildman–Crippen LogP) is 4.12. The number of primary amides is 1. The van der Waals surface area contributed by atoms with Gasteiger partial charge in [-0.15, -0.1) is 0 Å². The molecule has 5 atom stereocenters. The van der Waals surface area contributed by atoms with E-state index in [-0.39, 0.29) is 90.0 Å². The monoisotopic (exact) mass is 712 g/mol. The minimum Gasteiger partial charge on any atom is -0.376 e. The molecule has 3 saturated carbocycles. The smallest absolute Gasteiger partial charge is 0.285 e. The van der Waals surface area contributed by atoms with E-state index in [1.807, 2.05) is 41.5 Å². The van der Waals surface area contributed by atoms with Crippen molar-refractivity contribution in [3.63, 3.8) is 0 Å². The van der Waals surface area contributed by atoms with Gasteiger partial charge in [-0.05, 0) is 59.2 Å². The lowest BCUT2D eigenvalue weighted by atomic mass is 9.73. The third-order valence-corrected chi connectivity index (χ3v) is 14.5. The molecule has 0 radical (unpaired) electrons. The molecule has 0 aromatic carbocycles. The molecule has 2 aliphatic heterocycles. The predicted molar refractivity (Wildman–Crippen MR) is 193 cm³/mol. The minimum atomic E-state index is -1.05. The molecule has 3 amide bonds. The number of rotatable bonds is 15. The van der Waals surface area contributed by atoms with Crippen LogP contribution in [0.2, 0.25) is 0 Å². The third-order valence-electron chi connectivity index (χ3n) is 14.5. The molecule has 51 heavy (non-hydrogen) atoms. The fourth-order valence-electron chi connectivity index (χ4n) is 10.2. The Balaban J connectivity index is 1.36. The van der Waals surface area contributed by atoms with Crippen LogP contribution in [-0.2, 0) is 33.5 Å². The van der Waals surface area contributed by atoms with Gasteiger partial charge in [0.25, 0.3) is 5.91 Å². The molecule has 11 heteroatoms. The average molecular weight is 713 g/mol.